The van der Waals surface area contributed by atoms with E-state index < -0.39 is 0 Å². The molecule has 0 saturated heterocycles. The van der Waals surface area contributed by atoms with Gasteiger partial charge in [0.2, 0.25) is 0 Å². The maximum absolute atomic E-state index is 5.79. The molecule has 0 aliphatic heterocycles. The average molecular weight is 204 g/mol. The van der Waals surface area contributed by atoms with E-state index >= 15 is 0 Å². The van der Waals surface area contributed by atoms with Crippen LogP contribution in [0.15, 0.2) is 24.3 Å². The normalized spacial score (nSPS) is 18.6. The third kappa shape index (κ3) is 1.09. The molecule has 14 heavy (non-hydrogen) atoms. The third-order valence-electron chi connectivity index (χ3n) is 2.99. The van der Waals surface area contributed by atoms with Gasteiger partial charge >= 0.3 is 0 Å². The summed E-state index contributed by atoms with van der Waals surface area (Å²) in [4.78, 5) is 4.66. The van der Waals surface area contributed by atoms with Crippen LogP contribution in [-0.2, 0) is 5.41 Å². The van der Waals surface area contributed by atoms with Crippen LogP contribution < -0.4 is 5.73 Å². The van der Waals surface area contributed by atoms with Crippen LogP contribution in [0.1, 0.15) is 17.8 Å². The standard InChI is InChI=1S/C11H12N2S/c12-7-11(5-6-11)10-13-8-3-1-2-4-9(8)14-10/h1-4H,5-7,12H2. The van der Waals surface area contributed by atoms with E-state index in [1.807, 2.05) is 6.07 Å². The molecule has 0 bridgehead atoms. The van der Waals surface area contributed by atoms with Crippen molar-refractivity contribution in [3.8, 4) is 0 Å². The highest BCUT2D eigenvalue weighted by molar-refractivity contribution is 7.18. The van der Waals surface area contributed by atoms with Crippen molar-refractivity contribution in [3.63, 3.8) is 0 Å². The summed E-state index contributed by atoms with van der Waals surface area (Å²) in [6, 6.07) is 8.30. The van der Waals surface area contributed by atoms with Gasteiger partial charge in [-0.05, 0) is 25.0 Å². The lowest BCUT2D eigenvalue weighted by Crippen LogP contribution is -2.19. The molecule has 1 heterocycles. The van der Waals surface area contributed by atoms with Crippen molar-refractivity contribution in [2.75, 3.05) is 6.54 Å². The zero-order valence-corrected chi connectivity index (χ0v) is 8.68. The number of aromatic nitrogens is 1. The highest BCUT2D eigenvalue weighted by Gasteiger charge is 2.45. The van der Waals surface area contributed by atoms with Crippen molar-refractivity contribution in [1.29, 1.82) is 0 Å². The predicted molar refractivity (Wildman–Crippen MR) is 59.6 cm³/mol. The van der Waals surface area contributed by atoms with Gasteiger partial charge in [-0.3, -0.25) is 0 Å². The molecule has 1 aromatic heterocycles. The Labute approximate surface area is 86.8 Å². The molecule has 2 aromatic rings. The summed E-state index contributed by atoms with van der Waals surface area (Å²) in [7, 11) is 0. The van der Waals surface area contributed by atoms with Gasteiger partial charge in [0, 0.05) is 12.0 Å². The molecule has 0 amide bonds. The fourth-order valence-corrected chi connectivity index (χ4v) is 2.98. The van der Waals surface area contributed by atoms with Crippen LogP contribution in [0.4, 0.5) is 0 Å². The van der Waals surface area contributed by atoms with Gasteiger partial charge in [-0.15, -0.1) is 11.3 Å². The quantitative estimate of drug-likeness (QED) is 0.815. The van der Waals surface area contributed by atoms with Gasteiger partial charge in [0.15, 0.2) is 0 Å². The molecule has 2 N–H and O–H groups in total. The van der Waals surface area contributed by atoms with Crippen molar-refractivity contribution in [3.05, 3.63) is 29.3 Å². The highest BCUT2D eigenvalue weighted by Crippen LogP contribution is 2.49. The number of nitrogens with zero attached hydrogens (tertiary/aromatic N) is 1. The average Bonchev–Trinajstić information content (AvgIpc) is 2.91. The Hall–Kier alpha value is -0.930. The number of para-hydroxylation sites is 1. The van der Waals surface area contributed by atoms with E-state index in [4.69, 9.17) is 5.73 Å². The van der Waals surface area contributed by atoms with Gasteiger partial charge in [0.25, 0.3) is 0 Å². The summed E-state index contributed by atoms with van der Waals surface area (Å²) in [6.07, 6.45) is 2.42. The Morgan fingerprint density at radius 1 is 1.36 bits per heavy atom. The second-order valence-electron chi connectivity index (χ2n) is 3.97. The minimum absolute atomic E-state index is 0.240. The van der Waals surface area contributed by atoms with Gasteiger partial charge in [0.05, 0.1) is 10.2 Å². The Balaban J connectivity index is 2.15. The zero-order valence-electron chi connectivity index (χ0n) is 7.86. The number of benzene rings is 1. The summed E-state index contributed by atoms with van der Waals surface area (Å²) in [5.74, 6) is 0. The van der Waals surface area contributed by atoms with E-state index in [2.05, 4.69) is 23.2 Å². The van der Waals surface area contributed by atoms with Crippen LogP contribution >= 0.6 is 11.3 Å². The third-order valence-corrected chi connectivity index (χ3v) is 4.27. The number of nitrogens with two attached hydrogens (primary N) is 1. The first kappa shape index (κ1) is 8.38. The predicted octanol–water partition coefficient (Wildman–Crippen LogP) is 2.29. The SMILES string of the molecule is NCC1(c2nc3ccccc3s2)CC1. The first-order chi connectivity index (χ1) is 6.84. The minimum Gasteiger partial charge on any atom is -0.329 e. The molecule has 0 atom stereocenters. The van der Waals surface area contributed by atoms with E-state index in [0.29, 0.717) is 0 Å². The fourth-order valence-electron chi connectivity index (χ4n) is 1.76. The molecule has 2 nitrogen and oxygen atoms in total. The maximum Gasteiger partial charge on any atom is 0.101 e. The van der Waals surface area contributed by atoms with Crippen molar-refractivity contribution < 1.29 is 0 Å². The minimum atomic E-state index is 0.240. The summed E-state index contributed by atoms with van der Waals surface area (Å²) < 4.78 is 1.28. The number of hydrogen-bond acceptors (Lipinski definition) is 3. The Bertz CT molecular complexity index is 438. The molecule has 1 fully saturated rings. The Morgan fingerprint density at radius 2 is 2.14 bits per heavy atom. The Kier molecular flexibility index (Phi) is 1.66. The first-order valence-corrected chi connectivity index (χ1v) is 5.72. The lowest BCUT2D eigenvalue weighted by Gasteiger charge is -2.05. The van der Waals surface area contributed by atoms with Crippen LogP contribution in [0.2, 0.25) is 0 Å². The van der Waals surface area contributed by atoms with Crippen LogP contribution in [0.5, 0.6) is 0 Å². The van der Waals surface area contributed by atoms with Gasteiger partial charge in [0.1, 0.15) is 5.01 Å². The van der Waals surface area contributed by atoms with Crippen LogP contribution in [0.3, 0.4) is 0 Å². The van der Waals surface area contributed by atoms with E-state index in [-0.39, 0.29) is 5.41 Å². The number of hydrogen-bond donors (Lipinski definition) is 1. The molecular weight excluding hydrogens is 192 g/mol. The van der Waals surface area contributed by atoms with E-state index in [0.717, 1.165) is 12.1 Å². The van der Waals surface area contributed by atoms with Gasteiger partial charge in [-0.25, -0.2) is 4.98 Å². The number of fused-ring (bicyclic) bond motifs is 1. The lowest BCUT2D eigenvalue weighted by molar-refractivity contribution is 0.700. The molecule has 1 aliphatic rings. The summed E-state index contributed by atoms with van der Waals surface area (Å²) in [5, 5.41) is 1.24. The molecule has 0 radical (unpaired) electrons. The zero-order chi connectivity index (χ0) is 9.60. The van der Waals surface area contributed by atoms with Gasteiger partial charge in [-0.1, -0.05) is 12.1 Å². The van der Waals surface area contributed by atoms with Crippen molar-refractivity contribution in [1.82, 2.24) is 4.98 Å². The number of thiazole rings is 1. The lowest BCUT2D eigenvalue weighted by atomic mass is 10.1. The van der Waals surface area contributed by atoms with Crippen LogP contribution in [0.25, 0.3) is 10.2 Å². The Morgan fingerprint density at radius 3 is 2.79 bits per heavy atom. The molecule has 3 rings (SSSR count). The molecular formula is C11H12N2S. The van der Waals surface area contributed by atoms with E-state index in [1.54, 1.807) is 11.3 Å². The highest BCUT2D eigenvalue weighted by atomic mass is 32.1. The second kappa shape index (κ2) is 2.78. The smallest absolute Gasteiger partial charge is 0.101 e. The van der Waals surface area contributed by atoms with Crippen molar-refractivity contribution >= 4 is 21.6 Å². The van der Waals surface area contributed by atoms with E-state index in [9.17, 15) is 0 Å². The first-order valence-electron chi connectivity index (χ1n) is 4.90. The van der Waals surface area contributed by atoms with E-state index in [1.165, 1.54) is 22.5 Å². The van der Waals surface area contributed by atoms with Crippen LogP contribution in [-0.4, -0.2) is 11.5 Å². The summed E-state index contributed by atoms with van der Waals surface area (Å²) in [6.45, 7) is 0.743. The largest absolute Gasteiger partial charge is 0.329 e. The molecule has 1 aromatic carbocycles. The fraction of sp³-hybridized carbons (Fsp3) is 0.364. The molecule has 0 spiro atoms. The molecule has 72 valence electrons. The van der Waals surface area contributed by atoms with Gasteiger partial charge < -0.3 is 5.73 Å². The van der Waals surface area contributed by atoms with Crippen LogP contribution in [0, 0.1) is 0 Å². The molecule has 3 heteroatoms. The summed E-state index contributed by atoms with van der Waals surface area (Å²) >= 11 is 1.80. The number of rotatable bonds is 2. The van der Waals surface area contributed by atoms with Crippen molar-refractivity contribution in [2.45, 2.75) is 18.3 Å². The molecule has 1 saturated carbocycles. The maximum atomic E-state index is 5.79. The van der Waals surface area contributed by atoms with Gasteiger partial charge in [-0.2, -0.15) is 0 Å². The molecule has 1 aliphatic carbocycles. The summed E-state index contributed by atoms with van der Waals surface area (Å²) in [5.41, 5.74) is 7.15. The topological polar surface area (TPSA) is 38.9 Å². The molecule has 0 unspecified atom stereocenters. The monoisotopic (exact) mass is 204 g/mol. The van der Waals surface area contributed by atoms with Crippen molar-refractivity contribution in [2.24, 2.45) is 5.73 Å². The second-order valence-corrected chi connectivity index (χ2v) is 5.00.